The first-order valence-corrected chi connectivity index (χ1v) is 10.6. The third kappa shape index (κ3) is 5.09. The minimum atomic E-state index is -4.63. The van der Waals surface area contributed by atoms with Gasteiger partial charge in [-0.2, -0.15) is 17.5 Å². The number of anilines is 1. The van der Waals surface area contributed by atoms with E-state index in [1.54, 1.807) is 24.3 Å². The van der Waals surface area contributed by atoms with E-state index in [2.05, 4.69) is 5.32 Å². The molecule has 3 rings (SSSR count). The van der Waals surface area contributed by atoms with E-state index in [0.29, 0.717) is 16.8 Å². The van der Waals surface area contributed by atoms with Crippen molar-refractivity contribution in [3.63, 3.8) is 0 Å². The second-order valence-corrected chi connectivity index (χ2v) is 9.08. The molecule has 2 aromatic carbocycles. The smallest absolute Gasteiger partial charge is 0.326 e. The number of hydrogen-bond donors (Lipinski definition) is 1. The Hall–Kier alpha value is -2.10. The van der Waals surface area contributed by atoms with Crippen LogP contribution in [0.3, 0.4) is 0 Å². The Morgan fingerprint density at radius 1 is 1.07 bits per heavy atom. The maximum Gasteiger partial charge on any atom is 0.416 e. The molecule has 29 heavy (non-hydrogen) atoms. The number of halogens is 4. The number of carbonyl (C=O) groups excluding carboxylic acids is 1. The molecule has 1 N–H and O–H groups in total. The van der Waals surface area contributed by atoms with E-state index in [-0.39, 0.29) is 31.8 Å². The number of nitrogens with one attached hydrogen (secondary N) is 1. The summed E-state index contributed by atoms with van der Waals surface area (Å²) in [6, 6.07) is 10.3. The van der Waals surface area contributed by atoms with Gasteiger partial charge in [-0.1, -0.05) is 23.7 Å². The number of alkyl halides is 3. The lowest BCUT2D eigenvalue weighted by molar-refractivity contribution is -0.137. The zero-order chi connectivity index (χ0) is 21.2. The molecule has 0 saturated carbocycles. The Labute approximate surface area is 171 Å². The molecule has 0 atom stereocenters. The maximum atomic E-state index is 12.9. The number of piperidine rings is 1. The van der Waals surface area contributed by atoms with Gasteiger partial charge in [0.15, 0.2) is 0 Å². The quantitative estimate of drug-likeness (QED) is 0.757. The van der Waals surface area contributed by atoms with Gasteiger partial charge in [0.2, 0.25) is 15.9 Å². The lowest BCUT2D eigenvalue weighted by Crippen LogP contribution is -2.41. The number of nitrogens with zero attached hydrogens (tertiary/aromatic N) is 1. The highest BCUT2D eigenvalue weighted by Crippen LogP contribution is 2.32. The Morgan fingerprint density at radius 3 is 2.34 bits per heavy atom. The second-order valence-electron chi connectivity index (χ2n) is 6.70. The van der Waals surface area contributed by atoms with Crippen LogP contribution in [-0.4, -0.2) is 31.7 Å². The summed E-state index contributed by atoms with van der Waals surface area (Å²) in [6.07, 6.45) is -4.09. The zero-order valence-corrected chi connectivity index (χ0v) is 16.7. The van der Waals surface area contributed by atoms with Gasteiger partial charge in [-0.3, -0.25) is 4.79 Å². The highest BCUT2D eigenvalue weighted by Gasteiger charge is 2.35. The lowest BCUT2D eigenvalue weighted by atomic mass is 9.97. The van der Waals surface area contributed by atoms with Crippen LogP contribution in [0.1, 0.15) is 18.4 Å². The summed E-state index contributed by atoms with van der Waals surface area (Å²) in [7, 11) is -4.07. The summed E-state index contributed by atoms with van der Waals surface area (Å²) in [5.41, 5.74) is -0.476. The molecule has 1 amide bonds. The molecule has 1 fully saturated rings. The summed E-state index contributed by atoms with van der Waals surface area (Å²) >= 11 is 5.89. The Kier molecular flexibility index (Phi) is 6.21. The standard InChI is InChI=1S/C19H18ClF3N2O3S/c20-15-4-2-5-16(12-15)24-18(26)13-7-9-25(10-8-13)29(27,28)17-6-1-3-14(11-17)19(21,22)23/h1-6,11-13H,7-10H2,(H,24,26). The molecule has 156 valence electrons. The molecule has 10 heteroatoms. The summed E-state index contributed by atoms with van der Waals surface area (Å²) in [5.74, 6) is -0.648. The summed E-state index contributed by atoms with van der Waals surface area (Å²) in [5, 5.41) is 3.22. The van der Waals surface area contributed by atoms with Crippen molar-refractivity contribution < 1.29 is 26.4 Å². The third-order valence-corrected chi connectivity index (χ3v) is 6.85. The number of amides is 1. The van der Waals surface area contributed by atoms with Crippen molar-refractivity contribution in [2.24, 2.45) is 5.92 Å². The predicted octanol–water partition coefficient (Wildman–Crippen LogP) is 4.40. The molecule has 2 aromatic rings. The zero-order valence-electron chi connectivity index (χ0n) is 15.1. The van der Waals surface area contributed by atoms with Crippen molar-refractivity contribution in [1.82, 2.24) is 4.31 Å². The molecule has 0 aliphatic carbocycles. The van der Waals surface area contributed by atoms with Gasteiger partial charge in [0.25, 0.3) is 0 Å². The minimum Gasteiger partial charge on any atom is -0.326 e. The van der Waals surface area contributed by atoms with Gasteiger partial charge in [0, 0.05) is 29.7 Å². The van der Waals surface area contributed by atoms with Crippen LogP contribution in [-0.2, 0) is 21.0 Å². The van der Waals surface area contributed by atoms with Crippen molar-refractivity contribution in [3.05, 3.63) is 59.1 Å². The topological polar surface area (TPSA) is 66.5 Å². The molecule has 1 aliphatic heterocycles. The van der Waals surface area contributed by atoms with Crippen LogP contribution < -0.4 is 5.32 Å². The molecule has 0 aromatic heterocycles. The third-order valence-electron chi connectivity index (χ3n) is 4.72. The van der Waals surface area contributed by atoms with E-state index < -0.39 is 32.6 Å². The van der Waals surface area contributed by atoms with Gasteiger partial charge in [0.1, 0.15) is 0 Å². The van der Waals surface area contributed by atoms with Gasteiger partial charge < -0.3 is 5.32 Å². The van der Waals surface area contributed by atoms with E-state index in [4.69, 9.17) is 11.6 Å². The van der Waals surface area contributed by atoms with E-state index in [1.165, 1.54) is 0 Å². The Bertz CT molecular complexity index is 1000. The first-order chi connectivity index (χ1) is 13.6. The average molecular weight is 447 g/mol. The van der Waals surface area contributed by atoms with Crippen LogP contribution in [0.2, 0.25) is 5.02 Å². The van der Waals surface area contributed by atoms with Crippen molar-refractivity contribution in [1.29, 1.82) is 0 Å². The van der Waals surface area contributed by atoms with Crippen molar-refractivity contribution in [2.75, 3.05) is 18.4 Å². The monoisotopic (exact) mass is 446 g/mol. The number of benzene rings is 2. The molecule has 1 saturated heterocycles. The molecule has 0 bridgehead atoms. The SMILES string of the molecule is O=C(Nc1cccc(Cl)c1)C1CCN(S(=O)(=O)c2cccc(C(F)(F)F)c2)CC1. The van der Waals surface area contributed by atoms with E-state index in [9.17, 15) is 26.4 Å². The van der Waals surface area contributed by atoms with E-state index in [1.807, 2.05) is 0 Å². The molecule has 0 unspecified atom stereocenters. The lowest BCUT2D eigenvalue weighted by Gasteiger charge is -2.30. The van der Waals surface area contributed by atoms with Crippen molar-refractivity contribution >= 4 is 33.2 Å². The highest BCUT2D eigenvalue weighted by molar-refractivity contribution is 7.89. The van der Waals surface area contributed by atoms with Crippen LogP contribution in [0.4, 0.5) is 18.9 Å². The second kappa shape index (κ2) is 8.33. The molecule has 5 nitrogen and oxygen atoms in total. The van der Waals surface area contributed by atoms with Crippen LogP contribution in [0.25, 0.3) is 0 Å². The fourth-order valence-corrected chi connectivity index (χ4v) is 4.86. The first kappa shape index (κ1) is 21.6. The van der Waals surface area contributed by atoms with Gasteiger partial charge in [-0.15, -0.1) is 0 Å². The Morgan fingerprint density at radius 2 is 1.72 bits per heavy atom. The summed E-state index contributed by atoms with van der Waals surface area (Å²) in [6.45, 7) is 0.0957. The van der Waals surface area contributed by atoms with Crippen LogP contribution in [0, 0.1) is 5.92 Å². The molecule has 1 heterocycles. The molecule has 0 radical (unpaired) electrons. The van der Waals surface area contributed by atoms with E-state index >= 15 is 0 Å². The van der Waals surface area contributed by atoms with Crippen molar-refractivity contribution in [2.45, 2.75) is 23.9 Å². The predicted molar refractivity (Wildman–Crippen MR) is 103 cm³/mol. The van der Waals surface area contributed by atoms with Crippen LogP contribution in [0.5, 0.6) is 0 Å². The van der Waals surface area contributed by atoms with Crippen molar-refractivity contribution in [3.8, 4) is 0 Å². The summed E-state index contributed by atoms with van der Waals surface area (Å²) in [4.78, 5) is 12.0. The van der Waals surface area contributed by atoms with Gasteiger partial charge in [-0.25, -0.2) is 8.42 Å². The fraction of sp³-hybridized carbons (Fsp3) is 0.316. The number of rotatable bonds is 4. The van der Waals surface area contributed by atoms with E-state index in [0.717, 1.165) is 22.5 Å². The molecule has 1 aliphatic rings. The molecular weight excluding hydrogens is 429 g/mol. The van der Waals surface area contributed by atoms with Gasteiger partial charge in [0.05, 0.1) is 10.5 Å². The Balaban J connectivity index is 1.66. The first-order valence-electron chi connectivity index (χ1n) is 8.81. The number of hydrogen-bond acceptors (Lipinski definition) is 3. The summed E-state index contributed by atoms with van der Waals surface area (Å²) < 4.78 is 65.2. The average Bonchev–Trinajstić information content (AvgIpc) is 2.67. The van der Waals surface area contributed by atoms with Crippen LogP contribution in [0.15, 0.2) is 53.4 Å². The highest BCUT2D eigenvalue weighted by atomic mass is 35.5. The molecule has 0 spiro atoms. The van der Waals surface area contributed by atoms with Gasteiger partial charge in [-0.05, 0) is 49.2 Å². The molecular formula is C19H18ClF3N2O3S. The normalized spacial score (nSPS) is 16.6. The van der Waals surface area contributed by atoms with Gasteiger partial charge >= 0.3 is 6.18 Å². The fourth-order valence-electron chi connectivity index (χ4n) is 3.15. The number of carbonyl (C=O) groups is 1. The maximum absolute atomic E-state index is 12.9. The van der Waals surface area contributed by atoms with Crippen LogP contribution >= 0.6 is 11.6 Å². The minimum absolute atomic E-state index is 0.0478. The number of sulfonamides is 1. The largest absolute Gasteiger partial charge is 0.416 e.